The van der Waals surface area contributed by atoms with Gasteiger partial charge in [0.2, 0.25) is 0 Å². The molecule has 0 aromatic carbocycles. The summed E-state index contributed by atoms with van der Waals surface area (Å²) in [6.45, 7) is 6.51. The van der Waals surface area contributed by atoms with Crippen molar-refractivity contribution in [3.8, 4) is 0 Å². The highest BCUT2D eigenvalue weighted by atomic mass is 15.1. The van der Waals surface area contributed by atoms with E-state index in [1.165, 1.54) is 0 Å². The third-order valence-electron chi connectivity index (χ3n) is 2.46. The van der Waals surface area contributed by atoms with Gasteiger partial charge in [-0.2, -0.15) is 0 Å². The van der Waals surface area contributed by atoms with Gasteiger partial charge in [0.25, 0.3) is 0 Å². The average molecular weight is 147 g/mol. The molecule has 4 radical (unpaired) electrons. The Morgan fingerprint density at radius 1 is 1.18 bits per heavy atom. The second-order valence-corrected chi connectivity index (χ2v) is 3.86. The van der Waals surface area contributed by atoms with Gasteiger partial charge in [-0.25, -0.2) is 0 Å². The van der Waals surface area contributed by atoms with E-state index in [2.05, 4.69) is 18.7 Å². The predicted molar refractivity (Wildman–Crippen MR) is 50.1 cm³/mol. The quantitative estimate of drug-likeness (QED) is 0.498. The van der Waals surface area contributed by atoms with Gasteiger partial charge >= 0.3 is 0 Å². The Bertz CT molecular complexity index is 124. The highest BCUT2D eigenvalue weighted by molar-refractivity contribution is 6.39. The molecule has 1 rings (SSSR count). The van der Waals surface area contributed by atoms with Crippen LogP contribution >= 0.6 is 0 Å². The maximum Gasteiger partial charge on any atom is 0.0621 e. The molecule has 0 unspecified atom stereocenters. The zero-order valence-electron chi connectivity index (χ0n) is 7.51. The van der Waals surface area contributed by atoms with Crippen LogP contribution in [0, 0.1) is 0 Å². The predicted octanol–water partition coefficient (Wildman–Crippen LogP) is 0.944. The molecule has 1 heterocycles. The van der Waals surface area contributed by atoms with Crippen molar-refractivity contribution in [3.05, 3.63) is 0 Å². The summed E-state index contributed by atoms with van der Waals surface area (Å²) >= 11 is 0. The van der Waals surface area contributed by atoms with Crippen LogP contribution in [0.15, 0.2) is 0 Å². The number of piperidine rings is 1. The van der Waals surface area contributed by atoms with Crippen molar-refractivity contribution in [1.29, 1.82) is 0 Å². The molecule has 0 saturated carbocycles. The maximum atomic E-state index is 5.79. The van der Waals surface area contributed by atoms with Crippen LogP contribution in [0.3, 0.4) is 0 Å². The third kappa shape index (κ3) is 2.55. The van der Waals surface area contributed by atoms with Crippen molar-refractivity contribution in [2.24, 2.45) is 0 Å². The van der Waals surface area contributed by atoms with E-state index in [4.69, 9.17) is 15.7 Å². The molecule has 1 saturated heterocycles. The van der Waals surface area contributed by atoms with Crippen LogP contribution in [0.1, 0.15) is 26.7 Å². The molecule has 0 aromatic heterocycles. The molecule has 0 amide bonds. The number of rotatable bonds is 1. The summed E-state index contributed by atoms with van der Waals surface area (Å²) < 4.78 is 0. The summed E-state index contributed by atoms with van der Waals surface area (Å²) in [5.74, 6) is 0. The first-order valence-corrected chi connectivity index (χ1v) is 4.33. The van der Waals surface area contributed by atoms with E-state index in [1.807, 2.05) is 0 Å². The number of hydrogen-bond acceptors (Lipinski definition) is 1. The molecule has 0 atom stereocenters. The summed E-state index contributed by atoms with van der Waals surface area (Å²) in [7, 11) is 11.6. The fraction of sp³-hybridized carbons (Fsp3) is 1.00. The summed E-state index contributed by atoms with van der Waals surface area (Å²) in [6.07, 6.45) is 1.84. The molecule has 1 aliphatic heterocycles. The molecule has 0 spiro atoms. The van der Waals surface area contributed by atoms with Gasteiger partial charge in [-0.1, -0.05) is 18.1 Å². The highest BCUT2D eigenvalue weighted by Crippen LogP contribution is 2.31. The van der Waals surface area contributed by atoms with Crippen LogP contribution in [0.4, 0.5) is 0 Å². The maximum absolute atomic E-state index is 5.79. The van der Waals surface area contributed by atoms with Crippen LogP contribution < -0.4 is 0 Å². The molecular weight excluding hydrogens is 132 g/mol. The normalized spacial score (nSPS) is 25.7. The van der Waals surface area contributed by atoms with Gasteiger partial charge in [0.1, 0.15) is 0 Å². The zero-order chi connectivity index (χ0) is 8.48. The molecule has 0 bridgehead atoms. The molecule has 1 fully saturated rings. The standard InChI is InChI=1S/C8H15B2N/c1-7(2)11-5-3-8(9,10)4-6-11/h7H,3-6H2,1-2H3. The first-order valence-electron chi connectivity index (χ1n) is 4.33. The smallest absolute Gasteiger partial charge is 0.0621 e. The molecule has 1 nitrogen and oxygen atoms in total. The van der Waals surface area contributed by atoms with E-state index < -0.39 is 5.21 Å². The zero-order valence-corrected chi connectivity index (χ0v) is 7.51. The van der Waals surface area contributed by atoms with E-state index in [1.54, 1.807) is 0 Å². The lowest BCUT2D eigenvalue weighted by Gasteiger charge is -2.39. The van der Waals surface area contributed by atoms with Crippen molar-refractivity contribution in [3.63, 3.8) is 0 Å². The lowest BCUT2D eigenvalue weighted by Crippen LogP contribution is -2.40. The summed E-state index contributed by atoms with van der Waals surface area (Å²) in [5, 5.41) is -0.397. The summed E-state index contributed by atoms with van der Waals surface area (Å²) in [4.78, 5) is 2.41. The Labute approximate surface area is 72.4 Å². The average Bonchev–Trinajstić information content (AvgIpc) is 1.86. The van der Waals surface area contributed by atoms with Crippen LogP contribution in [0.25, 0.3) is 0 Å². The van der Waals surface area contributed by atoms with Crippen molar-refractivity contribution in [2.45, 2.75) is 37.9 Å². The van der Waals surface area contributed by atoms with Crippen LogP contribution in [-0.4, -0.2) is 39.7 Å². The van der Waals surface area contributed by atoms with Crippen LogP contribution in [0.2, 0.25) is 5.21 Å². The van der Waals surface area contributed by atoms with E-state index in [-0.39, 0.29) is 0 Å². The van der Waals surface area contributed by atoms with Crippen LogP contribution in [0.5, 0.6) is 0 Å². The van der Waals surface area contributed by atoms with Gasteiger partial charge in [0, 0.05) is 6.04 Å². The Balaban J connectivity index is 2.36. The highest BCUT2D eigenvalue weighted by Gasteiger charge is 2.25. The Hall–Kier alpha value is 0.0899. The molecule has 0 aromatic rings. The third-order valence-corrected chi connectivity index (χ3v) is 2.46. The van der Waals surface area contributed by atoms with Crippen LogP contribution in [-0.2, 0) is 0 Å². The molecule has 0 aliphatic carbocycles. The first-order chi connectivity index (χ1) is 5.01. The lowest BCUT2D eigenvalue weighted by molar-refractivity contribution is 0.177. The fourth-order valence-electron chi connectivity index (χ4n) is 1.46. The molecule has 58 valence electrons. The van der Waals surface area contributed by atoms with E-state index in [9.17, 15) is 0 Å². The molecule has 3 heteroatoms. The second-order valence-electron chi connectivity index (χ2n) is 3.86. The summed E-state index contributed by atoms with van der Waals surface area (Å²) in [6, 6.07) is 0.631. The molecule has 11 heavy (non-hydrogen) atoms. The number of likely N-dealkylation sites (tertiary alicyclic amines) is 1. The largest absolute Gasteiger partial charge is 0.301 e. The van der Waals surface area contributed by atoms with Crippen molar-refractivity contribution >= 4 is 15.7 Å². The molecular formula is C8H15B2N. The fourth-order valence-corrected chi connectivity index (χ4v) is 1.46. The van der Waals surface area contributed by atoms with Crippen molar-refractivity contribution in [1.82, 2.24) is 4.90 Å². The molecule has 1 aliphatic rings. The second kappa shape index (κ2) is 3.22. The Morgan fingerprint density at radius 3 is 2.00 bits per heavy atom. The number of nitrogens with zero attached hydrogens (tertiary/aromatic N) is 1. The lowest BCUT2D eigenvalue weighted by atomic mass is 9.50. The minimum Gasteiger partial charge on any atom is -0.301 e. The van der Waals surface area contributed by atoms with Crippen molar-refractivity contribution in [2.75, 3.05) is 13.1 Å². The van der Waals surface area contributed by atoms with Gasteiger partial charge in [0.05, 0.1) is 15.7 Å². The van der Waals surface area contributed by atoms with E-state index >= 15 is 0 Å². The topological polar surface area (TPSA) is 3.24 Å². The Kier molecular flexibility index (Phi) is 2.69. The minimum absolute atomic E-state index is 0.397. The van der Waals surface area contributed by atoms with Gasteiger partial charge < -0.3 is 4.90 Å². The van der Waals surface area contributed by atoms with Crippen molar-refractivity contribution < 1.29 is 0 Å². The first kappa shape index (κ1) is 9.18. The number of hydrogen-bond donors (Lipinski definition) is 0. The van der Waals surface area contributed by atoms with E-state index in [0.717, 1.165) is 25.9 Å². The van der Waals surface area contributed by atoms with Gasteiger partial charge in [-0.3, -0.25) is 0 Å². The van der Waals surface area contributed by atoms with Gasteiger partial charge in [-0.05, 0) is 26.9 Å². The molecule has 0 N–H and O–H groups in total. The van der Waals surface area contributed by atoms with E-state index in [0.29, 0.717) is 6.04 Å². The SMILES string of the molecule is [B]C1([B])CCN(C(C)C)CC1. The Morgan fingerprint density at radius 2 is 1.64 bits per heavy atom. The minimum atomic E-state index is -0.397. The monoisotopic (exact) mass is 147 g/mol. The van der Waals surface area contributed by atoms with Gasteiger partial charge in [-0.15, -0.1) is 0 Å². The summed E-state index contributed by atoms with van der Waals surface area (Å²) in [5.41, 5.74) is 0. The van der Waals surface area contributed by atoms with Gasteiger partial charge in [0.15, 0.2) is 0 Å².